The molecule has 2 aromatic carbocycles. The van der Waals surface area contributed by atoms with Crippen LogP contribution in [0.4, 0.5) is 0 Å². The fourth-order valence-electron chi connectivity index (χ4n) is 1.97. The fraction of sp³-hybridized carbons (Fsp3) is 0.312. The monoisotopic (exact) mass is 257 g/mol. The molecule has 0 bridgehead atoms. The number of carbonyl (C=O) groups excluding carboxylic acids is 1. The van der Waals surface area contributed by atoms with Crippen LogP contribution in [0.1, 0.15) is 32.4 Å². The highest BCUT2D eigenvalue weighted by atomic mass is 16.3. The normalized spacial score (nSPS) is 13.3. The summed E-state index contributed by atoms with van der Waals surface area (Å²) < 4.78 is 0. The average molecular weight is 257 g/mol. The Morgan fingerprint density at radius 1 is 1.11 bits per heavy atom. The quantitative estimate of drug-likeness (QED) is 0.869. The van der Waals surface area contributed by atoms with E-state index in [1.807, 2.05) is 57.2 Å². The summed E-state index contributed by atoms with van der Waals surface area (Å²) in [4.78, 5) is 11.9. The molecule has 1 atom stereocenters. The first-order valence-corrected chi connectivity index (χ1v) is 6.36. The van der Waals surface area contributed by atoms with Crippen molar-refractivity contribution in [2.24, 2.45) is 0 Å². The van der Waals surface area contributed by atoms with Gasteiger partial charge in [-0.15, -0.1) is 0 Å². The summed E-state index contributed by atoms with van der Waals surface area (Å²) in [6.07, 6.45) is -1.14. The van der Waals surface area contributed by atoms with Crippen LogP contribution in [-0.4, -0.2) is 16.6 Å². The molecular weight excluding hydrogens is 238 g/mol. The Morgan fingerprint density at radius 3 is 2.37 bits per heavy atom. The third-order valence-corrected chi connectivity index (χ3v) is 2.84. The molecule has 1 unspecified atom stereocenters. The molecule has 0 heterocycles. The molecule has 0 aliphatic rings. The minimum absolute atomic E-state index is 0.352. The predicted molar refractivity (Wildman–Crippen MR) is 76.8 cm³/mol. The number of amides is 1. The van der Waals surface area contributed by atoms with Crippen molar-refractivity contribution in [3.63, 3.8) is 0 Å². The van der Waals surface area contributed by atoms with Gasteiger partial charge in [0.15, 0.2) is 6.10 Å². The number of hydrogen-bond donors (Lipinski definition) is 2. The van der Waals surface area contributed by atoms with E-state index in [2.05, 4.69) is 5.32 Å². The summed E-state index contributed by atoms with van der Waals surface area (Å²) in [7, 11) is 0. The Labute approximate surface area is 113 Å². The highest BCUT2D eigenvalue weighted by Crippen LogP contribution is 2.21. The second kappa shape index (κ2) is 5.02. The van der Waals surface area contributed by atoms with Crippen LogP contribution in [0.5, 0.6) is 0 Å². The molecule has 2 N–H and O–H groups in total. The molecule has 2 aromatic rings. The van der Waals surface area contributed by atoms with Crippen molar-refractivity contribution in [1.82, 2.24) is 5.32 Å². The predicted octanol–water partition coefficient (Wildman–Crippen LogP) is 2.79. The molecule has 0 aliphatic carbocycles. The maximum Gasteiger partial charge on any atom is 0.253 e. The van der Waals surface area contributed by atoms with E-state index in [1.165, 1.54) is 0 Å². The van der Waals surface area contributed by atoms with E-state index in [1.54, 1.807) is 6.07 Å². The highest BCUT2D eigenvalue weighted by Gasteiger charge is 2.22. The van der Waals surface area contributed by atoms with Gasteiger partial charge in [0.05, 0.1) is 0 Å². The second-order valence-electron chi connectivity index (χ2n) is 5.75. The van der Waals surface area contributed by atoms with Gasteiger partial charge in [0, 0.05) is 5.54 Å². The Bertz CT molecular complexity index is 599. The first-order chi connectivity index (χ1) is 8.87. The van der Waals surface area contributed by atoms with E-state index in [4.69, 9.17) is 0 Å². The molecule has 0 aromatic heterocycles. The largest absolute Gasteiger partial charge is 0.378 e. The molecular formula is C16H19NO2. The van der Waals surface area contributed by atoms with Crippen LogP contribution in [0.25, 0.3) is 10.8 Å². The molecule has 0 fully saturated rings. The third-order valence-electron chi connectivity index (χ3n) is 2.84. The lowest BCUT2D eigenvalue weighted by atomic mass is 10.0. The van der Waals surface area contributed by atoms with Gasteiger partial charge in [-0.05, 0) is 43.2 Å². The van der Waals surface area contributed by atoms with Gasteiger partial charge >= 0.3 is 0 Å². The molecule has 0 aliphatic heterocycles. The van der Waals surface area contributed by atoms with Crippen LogP contribution in [0.2, 0.25) is 0 Å². The number of fused-ring (bicyclic) bond motifs is 1. The van der Waals surface area contributed by atoms with Crippen LogP contribution in [0, 0.1) is 0 Å². The Hall–Kier alpha value is -1.87. The molecule has 3 heteroatoms. The van der Waals surface area contributed by atoms with Gasteiger partial charge < -0.3 is 10.4 Å². The Morgan fingerprint density at radius 2 is 1.74 bits per heavy atom. The van der Waals surface area contributed by atoms with Crippen molar-refractivity contribution in [2.75, 3.05) is 0 Å². The molecule has 1 amide bonds. The Kier molecular flexibility index (Phi) is 3.58. The van der Waals surface area contributed by atoms with Crippen LogP contribution in [0.3, 0.4) is 0 Å². The maximum absolute atomic E-state index is 11.9. The summed E-state index contributed by atoms with van der Waals surface area (Å²) in [5, 5.41) is 15.0. The standard InChI is InChI=1S/C16H19NO2/c1-16(2,3)17-15(19)14(18)13-9-8-11-6-4-5-7-12(11)10-13/h4-10,14,18H,1-3H3,(H,17,19). The van der Waals surface area contributed by atoms with E-state index in [0.29, 0.717) is 5.56 Å². The lowest BCUT2D eigenvalue weighted by Gasteiger charge is -2.22. The zero-order valence-corrected chi connectivity index (χ0v) is 11.5. The van der Waals surface area contributed by atoms with E-state index in [0.717, 1.165) is 10.8 Å². The van der Waals surface area contributed by atoms with Gasteiger partial charge in [-0.2, -0.15) is 0 Å². The molecule has 0 saturated carbocycles. The first-order valence-electron chi connectivity index (χ1n) is 6.36. The van der Waals surface area contributed by atoms with Crippen molar-refractivity contribution >= 4 is 16.7 Å². The lowest BCUT2D eigenvalue weighted by molar-refractivity contribution is -0.131. The third kappa shape index (κ3) is 3.32. The summed E-state index contributed by atoms with van der Waals surface area (Å²) in [6.45, 7) is 5.66. The fourth-order valence-corrected chi connectivity index (χ4v) is 1.97. The van der Waals surface area contributed by atoms with E-state index < -0.39 is 6.10 Å². The molecule has 0 saturated heterocycles. The van der Waals surface area contributed by atoms with Gasteiger partial charge in [-0.1, -0.05) is 36.4 Å². The van der Waals surface area contributed by atoms with Crippen molar-refractivity contribution < 1.29 is 9.90 Å². The molecule has 19 heavy (non-hydrogen) atoms. The van der Waals surface area contributed by atoms with Gasteiger partial charge in [0.25, 0.3) is 5.91 Å². The number of aliphatic hydroxyl groups excluding tert-OH is 1. The van der Waals surface area contributed by atoms with E-state index in [-0.39, 0.29) is 11.4 Å². The number of carbonyl (C=O) groups is 1. The van der Waals surface area contributed by atoms with Crippen molar-refractivity contribution in [2.45, 2.75) is 32.4 Å². The average Bonchev–Trinajstić information content (AvgIpc) is 2.35. The highest BCUT2D eigenvalue weighted by molar-refractivity contribution is 5.87. The van der Waals surface area contributed by atoms with Crippen LogP contribution < -0.4 is 5.32 Å². The number of benzene rings is 2. The van der Waals surface area contributed by atoms with Gasteiger partial charge in [0.2, 0.25) is 0 Å². The zero-order valence-electron chi connectivity index (χ0n) is 11.5. The van der Waals surface area contributed by atoms with E-state index in [9.17, 15) is 9.90 Å². The molecule has 0 spiro atoms. The van der Waals surface area contributed by atoms with Gasteiger partial charge in [0.1, 0.15) is 0 Å². The topological polar surface area (TPSA) is 49.3 Å². The van der Waals surface area contributed by atoms with E-state index >= 15 is 0 Å². The van der Waals surface area contributed by atoms with Crippen LogP contribution >= 0.6 is 0 Å². The molecule has 100 valence electrons. The minimum Gasteiger partial charge on any atom is -0.378 e. The number of nitrogens with one attached hydrogen (secondary N) is 1. The van der Waals surface area contributed by atoms with Crippen LogP contribution in [-0.2, 0) is 4.79 Å². The summed E-state index contributed by atoms with van der Waals surface area (Å²) in [5.41, 5.74) is 0.259. The molecule has 0 radical (unpaired) electrons. The van der Waals surface area contributed by atoms with Crippen molar-refractivity contribution in [3.8, 4) is 0 Å². The second-order valence-corrected chi connectivity index (χ2v) is 5.75. The van der Waals surface area contributed by atoms with Gasteiger partial charge in [-0.3, -0.25) is 4.79 Å². The lowest BCUT2D eigenvalue weighted by Crippen LogP contribution is -2.43. The SMILES string of the molecule is CC(C)(C)NC(=O)C(O)c1ccc2ccccc2c1. The summed E-state index contributed by atoms with van der Waals surface area (Å²) in [6, 6.07) is 13.4. The maximum atomic E-state index is 11.9. The van der Waals surface area contributed by atoms with Crippen molar-refractivity contribution in [3.05, 3.63) is 48.0 Å². The van der Waals surface area contributed by atoms with Crippen LogP contribution in [0.15, 0.2) is 42.5 Å². The molecule has 2 rings (SSSR count). The minimum atomic E-state index is -1.14. The van der Waals surface area contributed by atoms with Gasteiger partial charge in [-0.25, -0.2) is 0 Å². The van der Waals surface area contributed by atoms with Crippen molar-refractivity contribution in [1.29, 1.82) is 0 Å². The first kappa shape index (κ1) is 13.6. The number of rotatable bonds is 2. The summed E-state index contributed by atoms with van der Waals surface area (Å²) >= 11 is 0. The summed E-state index contributed by atoms with van der Waals surface area (Å²) in [5.74, 6) is -0.372. The number of aliphatic hydroxyl groups is 1. The smallest absolute Gasteiger partial charge is 0.253 e. The Balaban J connectivity index is 2.26. The zero-order chi connectivity index (χ0) is 14.0. The number of hydrogen-bond acceptors (Lipinski definition) is 2. The molecule has 3 nitrogen and oxygen atoms in total.